The summed E-state index contributed by atoms with van der Waals surface area (Å²) in [4.78, 5) is 0. The van der Waals surface area contributed by atoms with Crippen LogP contribution in [-0.2, 0) is 0 Å². The Hall–Kier alpha value is -0.530. The molecule has 0 heterocycles. The highest BCUT2D eigenvalue weighted by Crippen LogP contribution is 2.23. The van der Waals surface area contributed by atoms with Gasteiger partial charge in [0.25, 0.3) is 0 Å². The van der Waals surface area contributed by atoms with Crippen LogP contribution in [0.15, 0.2) is 30.3 Å². The van der Waals surface area contributed by atoms with Gasteiger partial charge in [0.05, 0.1) is 11.5 Å². The van der Waals surface area contributed by atoms with Gasteiger partial charge in [0.15, 0.2) is 0 Å². The molecule has 0 saturated heterocycles. The minimum Gasteiger partial charge on any atom is -0.387 e. The zero-order valence-corrected chi connectivity index (χ0v) is 8.54. The van der Waals surface area contributed by atoms with Gasteiger partial charge in [-0.25, -0.2) is 0 Å². The molecule has 0 aliphatic rings. The molecule has 0 aromatic heterocycles. The SMILES string of the molecule is CCC[C@@H](Cl)[C@@H](O)c1ccccc1. The van der Waals surface area contributed by atoms with Crippen LogP contribution in [0.25, 0.3) is 0 Å². The Morgan fingerprint density at radius 2 is 1.92 bits per heavy atom. The van der Waals surface area contributed by atoms with Gasteiger partial charge in [-0.05, 0) is 12.0 Å². The van der Waals surface area contributed by atoms with Gasteiger partial charge in [-0.2, -0.15) is 0 Å². The minimum absolute atomic E-state index is 0.174. The first-order chi connectivity index (χ1) is 6.25. The second-order valence-corrected chi connectivity index (χ2v) is 3.72. The highest BCUT2D eigenvalue weighted by Gasteiger charge is 2.16. The molecule has 0 bridgehead atoms. The summed E-state index contributed by atoms with van der Waals surface area (Å²) in [5, 5.41) is 9.61. The topological polar surface area (TPSA) is 20.2 Å². The Kier molecular flexibility index (Phi) is 4.26. The molecule has 0 aliphatic heterocycles. The Bertz CT molecular complexity index is 235. The minimum atomic E-state index is -0.539. The van der Waals surface area contributed by atoms with Crippen LogP contribution in [0.5, 0.6) is 0 Å². The summed E-state index contributed by atoms with van der Waals surface area (Å²) in [6.45, 7) is 2.06. The van der Waals surface area contributed by atoms with Crippen molar-refractivity contribution < 1.29 is 5.11 Å². The molecule has 2 atom stereocenters. The predicted octanol–water partition coefficient (Wildman–Crippen LogP) is 3.13. The van der Waals surface area contributed by atoms with E-state index in [1.807, 2.05) is 30.3 Å². The third-order valence-corrected chi connectivity index (χ3v) is 2.51. The van der Waals surface area contributed by atoms with Crippen LogP contribution in [0.4, 0.5) is 0 Å². The number of aliphatic hydroxyl groups excluding tert-OH is 1. The standard InChI is InChI=1S/C11H15ClO/c1-2-6-10(12)11(13)9-7-4-3-5-8-9/h3-5,7-8,10-11,13H,2,6H2,1H3/t10-,11+/m1/s1. The number of rotatable bonds is 4. The summed E-state index contributed by atoms with van der Waals surface area (Å²) in [5.41, 5.74) is 0.899. The van der Waals surface area contributed by atoms with E-state index in [0.29, 0.717) is 0 Å². The molecule has 0 radical (unpaired) electrons. The van der Waals surface area contributed by atoms with E-state index in [9.17, 15) is 5.11 Å². The Morgan fingerprint density at radius 1 is 1.31 bits per heavy atom. The maximum absolute atomic E-state index is 9.79. The maximum atomic E-state index is 9.79. The molecule has 0 fully saturated rings. The number of hydrogen-bond acceptors (Lipinski definition) is 1. The fraction of sp³-hybridized carbons (Fsp3) is 0.455. The van der Waals surface area contributed by atoms with Gasteiger partial charge in [-0.1, -0.05) is 43.7 Å². The lowest BCUT2D eigenvalue weighted by Crippen LogP contribution is -2.11. The number of benzene rings is 1. The van der Waals surface area contributed by atoms with Crippen molar-refractivity contribution in [1.29, 1.82) is 0 Å². The zero-order valence-electron chi connectivity index (χ0n) is 7.78. The Morgan fingerprint density at radius 3 is 2.46 bits per heavy atom. The third-order valence-electron chi connectivity index (χ3n) is 2.05. The molecule has 1 aromatic carbocycles. The lowest BCUT2D eigenvalue weighted by molar-refractivity contribution is 0.168. The average molecular weight is 199 g/mol. The first-order valence-corrected chi connectivity index (χ1v) is 5.06. The average Bonchev–Trinajstić information content (AvgIpc) is 2.18. The van der Waals surface area contributed by atoms with E-state index in [-0.39, 0.29) is 5.38 Å². The summed E-state index contributed by atoms with van der Waals surface area (Å²) < 4.78 is 0. The van der Waals surface area contributed by atoms with Crippen LogP contribution in [0.2, 0.25) is 0 Å². The highest BCUT2D eigenvalue weighted by molar-refractivity contribution is 6.21. The molecule has 0 spiro atoms. The first kappa shape index (κ1) is 10.6. The highest BCUT2D eigenvalue weighted by atomic mass is 35.5. The van der Waals surface area contributed by atoms with Gasteiger partial charge in [-0.15, -0.1) is 11.6 Å². The maximum Gasteiger partial charge on any atom is 0.0953 e. The van der Waals surface area contributed by atoms with Crippen LogP contribution in [0.3, 0.4) is 0 Å². The molecule has 2 heteroatoms. The van der Waals surface area contributed by atoms with Crippen molar-refractivity contribution in [3.63, 3.8) is 0 Å². The van der Waals surface area contributed by atoms with Crippen LogP contribution < -0.4 is 0 Å². The van der Waals surface area contributed by atoms with Crippen molar-refractivity contribution >= 4 is 11.6 Å². The van der Waals surface area contributed by atoms with E-state index < -0.39 is 6.10 Å². The van der Waals surface area contributed by atoms with Gasteiger partial charge < -0.3 is 5.11 Å². The van der Waals surface area contributed by atoms with Gasteiger partial charge in [0, 0.05) is 0 Å². The molecule has 13 heavy (non-hydrogen) atoms. The molecule has 1 N–H and O–H groups in total. The third kappa shape index (κ3) is 3.02. The van der Waals surface area contributed by atoms with Crippen molar-refractivity contribution in [2.45, 2.75) is 31.2 Å². The molecule has 72 valence electrons. The van der Waals surface area contributed by atoms with E-state index in [0.717, 1.165) is 18.4 Å². The fourth-order valence-corrected chi connectivity index (χ4v) is 1.66. The summed E-state index contributed by atoms with van der Waals surface area (Å²) in [7, 11) is 0. The lowest BCUT2D eigenvalue weighted by Gasteiger charge is -2.16. The molecule has 0 saturated carbocycles. The van der Waals surface area contributed by atoms with Crippen molar-refractivity contribution in [2.24, 2.45) is 0 Å². The van der Waals surface area contributed by atoms with E-state index in [4.69, 9.17) is 11.6 Å². The largest absolute Gasteiger partial charge is 0.387 e. The second-order valence-electron chi connectivity index (χ2n) is 3.16. The van der Waals surface area contributed by atoms with Crippen molar-refractivity contribution in [3.8, 4) is 0 Å². The molecule has 1 nitrogen and oxygen atoms in total. The zero-order chi connectivity index (χ0) is 9.68. The van der Waals surface area contributed by atoms with Gasteiger partial charge in [0.1, 0.15) is 0 Å². The van der Waals surface area contributed by atoms with Gasteiger partial charge in [0.2, 0.25) is 0 Å². The van der Waals surface area contributed by atoms with E-state index in [2.05, 4.69) is 6.92 Å². The lowest BCUT2D eigenvalue weighted by atomic mass is 10.0. The smallest absolute Gasteiger partial charge is 0.0953 e. The second kappa shape index (κ2) is 5.25. The predicted molar refractivity (Wildman–Crippen MR) is 56.0 cm³/mol. The summed E-state index contributed by atoms with van der Waals surface area (Å²) in [6, 6.07) is 9.55. The van der Waals surface area contributed by atoms with Gasteiger partial charge >= 0.3 is 0 Å². The molecule has 1 rings (SSSR count). The molecular formula is C11H15ClO. The normalized spacial score (nSPS) is 15.3. The first-order valence-electron chi connectivity index (χ1n) is 4.62. The van der Waals surface area contributed by atoms with Crippen LogP contribution in [0, 0.1) is 0 Å². The van der Waals surface area contributed by atoms with Crippen molar-refractivity contribution in [3.05, 3.63) is 35.9 Å². The molecule has 1 aromatic rings. The van der Waals surface area contributed by atoms with Gasteiger partial charge in [-0.3, -0.25) is 0 Å². The summed E-state index contributed by atoms with van der Waals surface area (Å²) in [6.07, 6.45) is 1.30. The number of hydrogen-bond donors (Lipinski definition) is 1. The molecule has 0 aliphatic carbocycles. The molecule has 0 unspecified atom stereocenters. The molecule has 0 amide bonds. The quantitative estimate of drug-likeness (QED) is 0.738. The van der Waals surface area contributed by atoms with Crippen LogP contribution in [0.1, 0.15) is 31.4 Å². The monoisotopic (exact) mass is 198 g/mol. The Labute approximate surface area is 84.4 Å². The number of aliphatic hydroxyl groups is 1. The molecular weight excluding hydrogens is 184 g/mol. The van der Waals surface area contributed by atoms with E-state index in [1.54, 1.807) is 0 Å². The van der Waals surface area contributed by atoms with Crippen LogP contribution in [-0.4, -0.2) is 10.5 Å². The van der Waals surface area contributed by atoms with Crippen molar-refractivity contribution in [2.75, 3.05) is 0 Å². The summed E-state index contributed by atoms with van der Waals surface area (Å²) in [5.74, 6) is 0. The Balaban J connectivity index is 2.62. The van der Waals surface area contributed by atoms with Crippen LogP contribution >= 0.6 is 11.6 Å². The fourth-order valence-electron chi connectivity index (χ4n) is 1.29. The number of alkyl halides is 1. The summed E-state index contributed by atoms with van der Waals surface area (Å²) >= 11 is 6.02. The number of halogens is 1. The van der Waals surface area contributed by atoms with Crippen molar-refractivity contribution in [1.82, 2.24) is 0 Å². The van der Waals surface area contributed by atoms with E-state index in [1.165, 1.54) is 0 Å². The van der Waals surface area contributed by atoms with E-state index >= 15 is 0 Å².